The quantitative estimate of drug-likeness (QED) is 0.527. The van der Waals surface area contributed by atoms with Gasteiger partial charge in [0.15, 0.2) is 0 Å². The third-order valence-corrected chi connectivity index (χ3v) is 1.95. The lowest BCUT2D eigenvalue weighted by molar-refractivity contribution is 0.0957. The van der Waals surface area contributed by atoms with Crippen molar-refractivity contribution in [2.75, 3.05) is 46.7 Å². The molecule has 0 saturated heterocycles. The molecule has 0 spiro atoms. The van der Waals surface area contributed by atoms with Crippen molar-refractivity contribution in [2.24, 2.45) is 0 Å². The van der Waals surface area contributed by atoms with Crippen LogP contribution in [-0.2, 0) is 14.2 Å². The van der Waals surface area contributed by atoms with Gasteiger partial charge in [-0.2, -0.15) is 0 Å². The van der Waals surface area contributed by atoms with Crippen LogP contribution in [0.4, 0.5) is 0 Å². The van der Waals surface area contributed by atoms with Gasteiger partial charge in [-0.1, -0.05) is 0 Å². The Kier molecular flexibility index (Phi) is 11.8. The van der Waals surface area contributed by atoms with Crippen molar-refractivity contribution in [2.45, 2.75) is 26.3 Å². The molecule has 0 amide bonds. The molecular formula is C11H25NO3. The van der Waals surface area contributed by atoms with Gasteiger partial charge in [0, 0.05) is 39.5 Å². The summed E-state index contributed by atoms with van der Waals surface area (Å²) in [6.07, 6.45) is 0.963. The van der Waals surface area contributed by atoms with Crippen LogP contribution in [0.5, 0.6) is 0 Å². The molecule has 92 valence electrons. The Morgan fingerprint density at radius 3 is 2.60 bits per heavy atom. The molecule has 1 N–H and O–H groups in total. The average Bonchev–Trinajstić information content (AvgIpc) is 2.25. The summed E-state index contributed by atoms with van der Waals surface area (Å²) in [4.78, 5) is 0. The van der Waals surface area contributed by atoms with Crippen LogP contribution in [-0.4, -0.2) is 52.7 Å². The third kappa shape index (κ3) is 11.8. The molecule has 0 aromatic heterocycles. The van der Waals surface area contributed by atoms with Crippen molar-refractivity contribution in [1.29, 1.82) is 0 Å². The van der Waals surface area contributed by atoms with E-state index in [0.717, 1.165) is 46.0 Å². The number of hydrogen-bond acceptors (Lipinski definition) is 4. The molecule has 0 fully saturated rings. The van der Waals surface area contributed by atoms with E-state index in [1.54, 1.807) is 7.11 Å². The van der Waals surface area contributed by atoms with Crippen molar-refractivity contribution < 1.29 is 14.2 Å². The minimum atomic E-state index is 0.396. The predicted octanol–water partition coefficient (Wildman–Crippen LogP) is 1.05. The highest BCUT2D eigenvalue weighted by Crippen LogP contribution is 1.85. The van der Waals surface area contributed by atoms with Crippen LogP contribution in [0.15, 0.2) is 0 Å². The fourth-order valence-electron chi connectivity index (χ4n) is 1.14. The van der Waals surface area contributed by atoms with E-state index in [2.05, 4.69) is 12.2 Å². The van der Waals surface area contributed by atoms with Gasteiger partial charge in [-0.05, 0) is 20.3 Å². The van der Waals surface area contributed by atoms with E-state index < -0.39 is 0 Å². The van der Waals surface area contributed by atoms with Crippen LogP contribution in [0.2, 0.25) is 0 Å². The first-order valence-electron chi connectivity index (χ1n) is 5.69. The molecule has 0 aliphatic carbocycles. The van der Waals surface area contributed by atoms with Crippen LogP contribution >= 0.6 is 0 Å². The molecule has 0 aliphatic heterocycles. The standard InChI is InChI=1S/C11H25NO3/c1-4-14-10-11(2)12-6-9-15-8-5-7-13-3/h11-12H,4-10H2,1-3H3. The average molecular weight is 219 g/mol. The van der Waals surface area contributed by atoms with Crippen molar-refractivity contribution in [1.82, 2.24) is 5.32 Å². The van der Waals surface area contributed by atoms with Gasteiger partial charge in [-0.25, -0.2) is 0 Å². The summed E-state index contributed by atoms with van der Waals surface area (Å²) >= 11 is 0. The van der Waals surface area contributed by atoms with Gasteiger partial charge in [-0.3, -0.25) is 0 Å². The van der Waals surface area contributed by atoms with Crippen molar-refractivity contribution >= 4 is 0 Å². The fraction of sp³-hybridized carbons (Fsp3) is 1.00. The van der Waals surface area contributed by atoms with Gasteiger partial charge in [0.2, 0.25) is 0 Å². The highest BCUT2D eigenvalue weighted by Gasteiger charge is 1.99. The molecule has 4 heteroatoms. The molecule has 0 bridgehead atoms. The third-order valence-electron chi connectivity index (χ3n) is 1.95. The highest BCUT2D eigenvalue weighted by atomic mass is 16.5. The Labute approximate surface area is 93.3 Å². The van der Waals surface area contributed by atoms with Crippen LogP contribution in [0.3, 0.4) is 0 Å². The number of rotatable bonds is 11. The van der Waals surface area contributed by atoms with Crippen molar-refractivity contribution in [3.05, 3.63) is 0 Å². The largest absolute Gasteiger partial charge is 0.385 e. The SMILES string of the molecule is CCOCC(C)NCCOCCCOC. The first-order valence-corrected chi connectivity index (χ1v) is 5.69. The van der Waals surface area contributed by atoms with Crippen molar-refractivity contribution in [3.63, 3.8) is 0 Å². The summed E-state index contributed by atoms with van der Waals surface area (Å²) in [5.74, 6) is 0. The number of nitrogens with one attached hydrogen (secondary N) is 1. The lowest BCUT2D eigenvalue weighted by Gasteiger charge is -2.13. The van der Waals surface area contributed by atoms with Gasteiger partial charge in [0.25, 0.3) is 0 Å². The smallest absolute Gasteiger partial charge is 0.0616 e. The first-order chi connectivity index (χ1) is 7.31. The lowest BCUT2D eigenvalue weighted by atomic mass is 10.3. The van der Waals surface area contributed by atoms with Gasteiger partial charge in [0.05, 0.1) is 13.2 Å². The predicted molar refractivity (Wildman–Crippen MR) is 61.3 cm³/mol. The number of ether oxygens (including phenoxy) is 3. The Bertz CT molecular complexity index is 122. The zero-order chi connectivity index (χ0) is 11.4. The Balaban J connectivity index is 3.02. The van der Waals surface area contributed by atoms with Crippen molar-refractivity contribution in [3.8, 4) is 0 Å². The topological polar surface area (TPSA) is 39.7 Å². The lowest BCUT2D eigenvalue weighted by Crippen LogP contribution is -2.33. The van der Waals surface area contributed by atoms with Crippen LogP contribution in [0, 0.1) is 0 Å². The van der Waals surface area contributed by atoms with E-state index in [1.807, 2.05) is 6.92 Å². The maximum atomic E-state index is 5.41. The van der Waals surface area contributed by atoms with E-state index in [9.17, 15) is 0 Å². The minimum Gasteiger partial charge on any atom is -0.385 e. The summed E-state index contributed by atoms with van der Waals surface area (Å²) in [5, 5.41) is 3.33. The Morgan fingerprint density at radius 1 is 1.13 bits per heavy atom. The maximum Gasteiger partial charge on any atom is 0.0616 e. The molecule has 0 aliphatic rings. The molecule has 1 unspecified atom stereocenters. The summed E-state index contributed by atoms with van der Waals surface area (Å²) in [5.41, 5.74) is 0. The second kappa shape index (κ2) is 11.9. The van der Waals surface area contributed by atoms with Gasteiger partial charge in [0.1, 0.15) is 0 Å². The Hall–Kier alpha value is -0.160. The van der Waals surface area contributed by atoms with E-state index in [4.69, 9.17) is 14.2 Å². The Morgan fingerprint density at radius 2 is 1.93 bits per heavy atom. The summed E-state index contributed by atoms with van der Waals surface area (Å²) in [7, 11) is 1.71. The molecule has 0 aromatic rings. The molecule has 1 atom stereocenters. The molecular weight excluding hydrogens is 194 g/mol. The second-order valence-corrected chi connectivity index (χ2v) is 3.47. The summed E-state index contributed by atoms with van der Waals surface area (Å²) in [6, 6.07) is 0.396. The van der Waals surface area contributed by atoms with Crippen LogP contribution in [0.25, 0.3) is 0 Å². The summed E-state index contributed by atoms with van der Waals surface area (Å²) in [6.45, 7) is 8.83. The molecule has 4 nitrogen and oxygen atoms in total. The number of hydrogen-bond donors (Lipinski definition) is 1. The molecule has 0 saturated carbocycles. The molecule has 0 rings (SSSR count). The van der Waals surface area contributed by atoms with Gasteiger partial charge < -0.3 is 19.5 Å². The summed E-state index contributed by atoms with van der Waals surface area (Å²) < 4.78 is 15.6. The normalized spacial score (nSPS) is 13.0. The fourth-order valence-corrected chi connectivity index (χ4v) is 1.14. The second-order valence-electron chi connectivity index (χ2n) is 3.47. The van der Waals surface area contributed by atoms with E-state index in [0.29, 0.717) is 6.04 Å². The first kappa shape index (κ1) is 14.8. The van der Waals surface area contributed by atoms with Crippen LogP contribution in [0.1, 0.15) is 20.3 Å². The maximum absolute atomic E-state index is 5.41. The molecule has 0 radical (unpaired) electrons. The molecule has 15 heavy (non-hydrogen) atoms. The highest BCUT2D eigenvalue weighted by molar-refractivity contribution is 4.58. The van der Waals surface area contributed by atoms with E-state index in [1.165, 1.54) is 0 Å². The van der Waals surface area contributed by atoms with E-state index >= 15 is 0 Å². The number of methoxy groups -OCH3 is 1. The molecule has 0 aromatic carbocycles. The molecule has 0 heterocycles. The van der Waals surface area contributed by atoms with Gasteiger partial charge in [-0.15, -0.1) is 0 Å². The monoisotopic (exact) mass is 219 g/mol. The zero-order valence-electron chi connectivity index (χ0n) is 10.3. The van der Waals surface area contributed by atoms with Gasteiger partial charge >= 0.3 is 0 Å². The zero-order valence-corrected chi connectivity index (χ0v) is 10.3. The van der Waals surface area contributed by atoms with E-state index in [-0.39, 0.29) is 0 Å². The minimum absolute atomic E-state index is 0.396. The van der Waals surface area contributed by atoms with Crippen LogP contribution < -0.4 is 5.32 Å².